The van der Waals surface area contributed by atoms with Crippen molar-refractivity contribution in [2.45, 2.75) is 13.8 Å². The summed E-state index contributed by atoms with van der Waals surface area (Å²) in [6, 6.07) is 11.1. The third-order valence-electron chi connectivity index (χ3n) is 4.96. The minimum absolute atomic E-state index is 0.00557. The molecule has 0 bridgehead atoms. The number of hydrogen-bond acceptors (Lipinski definition) is 9. The fourth-order valence-corrected chi connectivity index (χ4v) is 5.52. The minimum Gasteiger partial charge on any atom is -0.490 e. The fraction of sp³-hybridized carbons (Fsp3) is 0.174. The molecule has 13 heteroatoms. The first-order valence-electron chi connectivity index (χ1n) is 10.6. The second kappa shape index (κ2) is 10.2. The van der Waals surface area contributed by atoms with Crippen LogP contribution >= 0.6 is 23.4 Å². The lowest BCUT2D eigenvalue weighted by molar-refractivity contribution is -0.114. The highest BCUT2D eigenvalue weighted by atomic mass is 35.5. The van der Waals surface area contributed by atoms with Crippen molar-refractivity contribution in [1.82, 2.24) is 5.01 Å². The number of benzene rings is 2. The molecule has 2 aliphatic rings. The van der Waals surface area contributed by atoms with Crippen LogP contribution in [0.4, 0.5) is 0 Å². The maximum absolute atomic E-state index is 12.6. The molecule has 0 fully saturated rings. The molecule has 0 atom stereocenters. The molecule has 186 valence electrons. The number of carbonyl (C=O) groups is 2. The normalized spacial score (nSPS) is 16.5. The summed E-state index contributed by atoms with van der Waals surface area (Å²) in [6.07, 6.45) is 1.40. The number of nitrogens with one attached hydrogen (secondary N) is 1. The number of carbonyl (C=O) groups excluding carboxylic acids is 2. The van der Waals surface area contributed by atoms with E-state index in [1.165, 1.54) is 25.1 Å². The fourth-order valence-electron chi connectivity index (χ4n) is 3.14. The number of amides is 1. The van der Waals surface area contributed by atoms with Crippen molar-refractivity contribution in [2.75, 3.05) is 12.4 Å². The molecule has 0 aliphatic carbocycles. The van der Waals surface area contributed by atoms with Crippen LogP contribution in [0.25, 0.3) is 6.08 Å². The molecular formula is C23H19ClN4O6S2. The van der Waals surface area contributed by atoms with Crippen molar-refractivity contribution in [3.05, 3.63) is 64.2 Å². The Morgan fingerprint density at radius 3 is 2.64 bits per heavy atom. The number of thioether (sulfide) groups is 1. The Bertz CT molecular complexity index is 1480. The van der Waals surface area contributed by atoms with Crippen LogP contribution in [-0.4, -0.2) is 53.0 Å². The largest absolute Gasteiger partial charge is 0.490 e. The maximum Gasteiger partial charge on any atom is 0.345 e. The molecule has 0 radical (unpaired) electrons. The lowest BCUT2D eigenvalue weighted by Gasteiger charge is -2.20. The van der Waals surface area contributed by atoms with Gasteiger partial charge in [0.1, 0.15) is 0 Å². The van der Waals surface area contributed by atoms with Gasteiger partial charge in [0.2, 0.25) is 19.4 Å². The first kappa shape index (κ1) is 25.6. The highest BCUT2D eigenvalue weighted by Gasteiger charge is 2.39. The van der Waals surface area contributed by atoms with Gasteiger partial charge >= 0.3 is 5.97 Å². The predicted octanol–water partition coefficient (Wildman–Crippen LogP) is 3.97. The van der Waals surface area contributed by atoms with Crippen LogP contribution in [-0.2, 0) is 14.6 Å². The Morgan fingerprint density at radius 2 is 1.94 bits per heavy atom. The van der Waals surface area contributed by atoms with E-state index in [-0.39, 0.29) is 55.4 Å². The number of ether oxygens (including phenoxy) is 2. The summed E-state index contributed by atoms with van der Waals surface area (Å²) >= 11 is 6.81. The number of hydrazone groups is 1. The van der Waals surface area contributed by atoms with Crippen molar-refractivity contribution in [3.8, 4) is 11.5 Å². The quantitative estimate of drug-likeness (QED) is 0.326. The van der Waals surface area contributed by atoms with Gasteiger partial charge in [0, 0.05) is 0 Å². The van der Waals surface area contributed by atoms with Gasteiger partial charge in [-0.1, -0.05) is 36.7 Å². The SMILES string of the molecule is CCOc1cc(/C=C2/C(=N)N3N=C(S(=O)(=O)CC)SC3=NC2=O)ccc1OC(=O)c1ccccc1Cl. The average molecular weight is 547 g/mol. The first-order chi connectivity index (χ1) is 17.1. The molecule has 10 nitrogen and oxygen atoms in total. The van der Waals surface area contributed by atoms with Gasteiger partial charge in [-0.25, -0.2) is 13.2 Å². The number of fused-ring (bicyclic) bond motifs is 1. The Kier molecular flexibility index (Phi) is 7.29. The van der Waals surface area contributed by atoms with Gasteiger partial charge < -0.3 is 9.47 Å². The number of aliphatic imine (C=N–C) groups is 1. The molecule has 2 aromatic rings. The molecule has 1 amide bonds. The van der Waals surface area contributed by atoms with E-state index in [0.29, 0.717) is 5.56 Å². The summed E-state index contributed by atoms with van der Waals surface area (Å²) in [5.74, 6) is -1.48. The topological polar surface area (TPSA) is 139 Å². The Morgan fingerprint density at radius 1 is 1.19 bits per heavy atom. The van der Waals surface area contributed by atoms with E-state index in [9.17, 15) is 18.0 Å². The zero-order chi connectivity index (χ0) is 26.0. The Labute approximate surface area is 216 Å². The Balaban J connectivity index is 1.63. The maximum atomic E-state index is 12.6. The van der Waals surface area contributed by atoms with Crippen molar-refractivity contribution in [2.24, 2.45) is 10.1 Å². The molecule has 2 heterocycles. The monoisotopic (exact) mass is 546 g/mol. The molecule has 36 heavy (non-hydrogen) atoms. The van der Waals surface area contributed by atoms with Gasteiger partial charge in [0.05, 0.1) is 28.5 Å². The number of esters is 1. The van der Waals surface area contributed by atoms with Crippen LogP contribution in [0.1, 0.15) is 29.8 Å². The third kappa shape index (κ3) is 5.06. The third-order valence-corrected chi connectivity index (χ3v) is 8.38. The molecule has 2 aromatic carbocycles. The van der Waals surface area contributed by atoms with Crippen LogP contribution in [0.2, 0.25) is 5.02 Å². The van der Waals surface area contributed by atoms with Crippen LogP contribution in [0.15, 0.2) is 58.1 Å². The highest BCUT2D eigenvalue weighted by Crippen LogP contribution is 2.33. The summed E-state index contributed by atoms with van der Waals surface area (Å²) < 4.78 is 35.2. The van der Waals surface area contributed by atoms with E-state index >= 15 is 0 Å². The van der Waals surface area contributed by atoms with Crippen molar-refractivity contribution < 1.29 is 27.5 Å². The van der Waals surface area contributed by atoms with Gasteiger partial charge in [0.15, 0.2) is 17.3 Å². The summed E-state index contributed by atoms with van der Waals surface area (Å²) in [6.45, 7) is 3.50. The zero-order valence-electron chi connectivity index (χ0n) is 19.0. The molecule has 0 unspecified atom stereocenters. The lowest BCUT2D eigenvalue weighted by atomic mass is 10.1. The van der Waals surface area contributed by atoms with Crippen molar-refractivity contribution >= 4 is 66.5 Å². The molecular weight excluding hydrogens is 528 g/mol. The molecule has 0 aromatic heterocycles. The number of rotatable bonds is 6. The molecule has 0 saturated carbocycles. The molecule has 2 aliphatic heterocycles. The van der Waals surface area contributed by atoms with Crippen molar-refractivity contribution in [3.63, 3.8) is 0 Å². The standard InChI is InChI=1S/C23H19ClN4O6S2/c1-3-33-18-12-13(9-10-17(18)34-21(30)14-7-5-6-8-16(14)24)11-15-19(25)28-22(26-20(15)29)35-23(27-28)36(31,32)4-2/h5-12,25H,3-4H2,1-2H3/b15-11-,25-19?. The summed E-state index contributed by atoms with van der Waals surface area (Å²) in [5.41, 5.74) is 0.553. The second-order valence-electron chi connectivity index (χ2n) is 7.30. The summed E-state index contributed by atoms with van der Waals surface area (Å²) in [5, 5.41) is 13.7. The number of halogens is 1. The predicted molar refractivity (Wildman–Crippen MR) is 138 cm³/mol. The number of amidine groups is 2. The summed E-state index contributed by atoms with van der Waals surface area (Å²) in [7, 11) is -3.63. The first-order valence-corrected chi connectivity index (χ1v) is 13.5. The van der Waals surface area contributed by atoms with Gasteiger partial charge in [-0.3, -0.25) is 10.2 Å². The molecule has 0 saturated heterocycles. The lowest BCUT2D eigenvalue weighted by Crippen LogP contribution is -2.35. The smallest absolute Gasteiger partial charge is 0.345 e. The van der Waals surface area contributed by atoms with E-state index < -0.39 is 21.7 Å². The van der Waals surface area contributed by atoms with Crippen LogP contribution in [0, 0.1) is 5.41 Å². The van der Waals surface area contributed by atoms with Crippen LogP contribution in [0.3, 0.4) is 0 Å². The van der Waals surface area contributed by atoms with E-state index in [1.807, 2.05) is 0 Å². The van der Waals surface area contributed by atoms with Gasteiger partial charge in [-0.15, -0.1) is 5.10 Å². The molecule has 1 N–H and O–H groups in total. The van der Waals surface area contributed by atoms with Gasteiger partial charge in [-0.2, -0.15) is 10.0 Å². The van der Waals surface area contributed by atoms with Gasteiger partial charge in [0.25, 0.3) is 5.91 Å². The van der Waals surface area contributed by atoms with Crippen LogP contribution in [0.5, 0.6) is 11.5 Å². The zero-order valence-corrected chi connectivity index (χ0v) is 21.4. The van der Waals surface area contributed by atoms with E-state index in [0.717, 1.165) is 16.8 Å². The van der Waals surface area contributed by atoms with Crippen LogP contribution < -0.4 is 9.47 Å². The molecule has 0 spiro atoms. The minimum atomic E-state index is -3.63. The molecule has 4 rings (SSSR count). The average Bonchev–Trinajstić information content (AvgIpc) is 3.29. The Hall–Kier alpha value is -3.48. The number of hydrogen-bond donors (Lipinski definition) is 1. The van der Waals surface area contributed by atoms with E-state index in [1.54, 1.807) is 37.3 Å². The van der Waals surface area contributed by atoms with Crippen molar-refractivity contribution in [1.29, 1.82) is 5.41 Å². The number of nitrogens with zero attached hydrogens (tertiary/aromatic N) is 3. The van der Waals surface area contributed by atoms with E-state index in [4.69, 9.17) is 26.5 Å². The summed E-state index contributed by atoms with van der Waals surface area (Å²) in [4.78, 5) is 29.1. The second-order valence-corrected chi connectivity index (χ2v) is 11.1. The number of sulfone groups is 1. The van der Waals surface area contributed by atoms with Gasteiger partial charge in [-0.05, 0) is 54.6 Å². The highest BCUT2D eigenvalue weighted by molar-refractivity contribution is 8.42. The van der Waals surface area contributed by atoms with E-state index in [2.05, 4.69) is 10.1 Å².